The van der Waals surface area contributed by atoms with Crippen molar-refractivity contribution in [2.45, 2.75) is 31.9 Å². The van der Waals surface area contributed by atoms with Gasteiger partial charge in [-0.15, -0.1) is 0 Å². The number of hydrogen-bond donors (Lipinski definition) is 2. The second kappa shape index (κ2) is 8.84. The first-order chi connectivity index (χ1) is 8.78. The van der Waals surface area contributed by atoms with Crippen molar-refractivity contribution in [3.63, 3.8) is 0 Å². The molecular weight excluding hydrogens is 254 g/mol. The lowest BCUT2D eigenvalue weighted by Crippen LogP contribution is -2.45. The van der Waals surface area contributed by atoms with Crippen molar-refractivity contribution in [1.82, 2.24) is 4.90 Å². The molecule has 0 aromatic heterocycles. The summed E-state index contributed by atoms with van der Waals surface area (Å²) >= 11 is 0. The van der Waals surface area contributed by atoms with Crippen molar-refractivity contribution in [3.8, 4) is 0 Å². The van der Waals surface area contributed by atoms with Crippen molar-refractivity contribution in [3.05, 3.63) is 0 Å². The van der Waals surface area contributed by atoms with E-state index in [-0.39, 0.29) is 26.1 Å². The van der Waals surface area contributed by atoms with Crippen LogP contribution in [0.5, 0.6) is 0 Å². The molecule has 0 saturated carbocycles. The Bertz CT molecular complexity index is 294. The third-order valence-electron chi connectivity index (χ3n) is 2.85. The van der Waals surface area contributed by atoms with Gasteiger partial charge in [-0.3, -0.25) is 14.5 Å². The van der Waals surface area contributed by atoms with Crippen LogP contribution in [0.2, 0.25) is 0 Å². The maximum absolute atomic E-state index is 10.4. The molecule has 19 heavy (non-hydrogen) atoms. The zero-order chi connectivity index (χ0) is 14.9. The zero-order valence-corrected chi connectivity index (χ0v) is 11.7. The third-order valence-corrected chi connectivity index (χ3v) is 2.85. The number of rotatable bonds is 11. The summed E-state index contributed by atoms with van der Waals surface area (Å²) < 4.78 is 10.8. The van der Waals surface area contributed by atoms with E-state index in [2.05, 4.69) is 0 Å². The Morgan fingerprint density at radius 3 is 2.05 bits per heavy atom. The van der Waals surface area contributed by atoms with Crippen LogP contribution in [-0.4, -0.2) is 66.7 Å². The first kappa shape index (κ1) is 17.8. The summed E-state index contributed by atoms with van der Waals surface area (Å²) in [7, 11) is 3.66. The van der Waals surface area contributed by atoms with Gasteiger partial charge in [-0.25, -0.2) is 0 Å². The molecule has 0 radical (unpaired) electrons. The molecule has 0 aromatic carbocycles. The van der Waals surface area contributed by atoms with Gasteiger partial charge in [0.1, 0.15) is 5.72 Å². The summed E-state index contributed by atoms with van der Waals surface area (Å²) in [6.45, 7) is 2.48. The van der Waals surface area contributed by atoms with Gasteiger partial charge in [0.25, 0.3) is 0 Å². The van der Waals surface area contributed by atoms with E-state index >= 15 is 0 Å². The van der Waals surface area contributed by atoms with Gasteiger partial charge in [0.05, 0.1) is 32.7 Å². The summed E-state index contributed by atoms with van der Waals surface area (Å²) in [4.78, 5) is 22.6. The maximum atomic E-state index is 10.4. The van der Waals surface area contributed by atoms with Gasteiger partial charge in [-0.1, -0.05) is 0 Å². The van der Waals surface area contributed by atoms with Gasteiger partial charge in [0, 0.05) is 6.42 Å². The van der Waals surface area contributed by atoms with E-state index in [1.807, 2.05) is 25.9 Å². The minimum absolute atomic E-state index is 0.0292. The molecule has 7 heteroatoms. The van der Waals surface area contributed by atoms with Crippen molar-refractivity contribution in [2.24, 2.45) is 0 Å². The molecule has 0 rings (SSSR count). The zero-order valence-electron chi connectivity index (χ0n) is 11.7. The molecule has 7 nitrogen and oxygen atoms in total. The molecule has 2 N–H and O–H groups in total. The number of ether oxygens (including phenoxy) is 2. The lowest BCUT2D eigenvalue weighted by atomic mass is 10.1. The van der Waals surface area contributed by atoms with Crippen LogP contribution < -0.4 is 0 Å². The Morgan fingerprint density at radius 1 is 1.05 bits per heavy atom. The van der Waals surface area contributed by atoms with E-state index in [9.17, 15) is 9.59 Å². The van der Waals surface area contributed by atoms with Crippen LogP contribution in [0.3, 0.4) is 0 Å². The highest BCUT2D eigenvalue weighted by molar-refractivity contribution is 5.67. The molecule has 0 aromatic rings. The highest BCUT2D eigenvalue weighted by Crippen LogP contribution is 2.18. The molecule has 0 aliphatic rings. The summed E-state index contributed by atoms with van der Waals surface area (Å²) in [5, 5.41) is 17.0. The summed E-state index contributed by atoms with van der Waals surface area (Å²) in [6.07, 6.45) is 0.446. The van der Waals surface area contributed by atoms with E-state index in [0.717, 1.165) is 0 Å². The smallest absolute Gasteiger partial charge is 0.305 e. The molecule has 0 aliphatic heterocycles. The maximum Gasteiger partial charge on any atom is 0.305 e. The van der Waals surface area contributed by atoms with Gasteiger partial charge in [0.2, 0.25) is 0 Å². The Morgan fingerprint density at radius 2 is 1.58 bits per heavy atom. The SMILES string of the molecule is CN(C)C(C)(CCOCCC(=O)O)OCCC(=O)O. The van der Waals surface area contributed by atoms with Crippen LogP contribution in [0.25, 0.3) is 0 Å². The number of aliphatic carboxylic acids is 2. The fourth-order valence-corrected chi connectivity index (χ4v) is 1.31. The lowest BCUT2D eigenvalue weighted by molar-refractivity contribution is -0.152. The average molecular weight is 277 g/mol. The van der Waals surface area contributed by atoms with Gasteiger partial charge < -0.3 is 19.7 Å². The number of carboxylic acids is 2. The molecule has 0 heterocycles. The Balaban J connectivity index is 4.01. The highest BCUT2D eigenvalue weighted by atomic mass is 16.5. The van der Waals surface area contributed by atoms with Crippen LogP contribution >= 0.6 is 0 Å². The summed E-state index contributed by atoms with van der Waals surface area (Å²) in [5.41, 5.74) is -0.626. The van der Waals surface area contributed by atoms with Crippen LogP contribution in [-0.2, 0) is 19.1 Å². The largest absolute Gasteiger partial charge is 0.481 e. The molecule has 0 amide bonds. The Hall–Kier alpha value is -1.18. The third kappa shape index (κ3) is 8.52. The molecule has 0 bridgehead atoms. The van der Waals surface area contributed by atoms with Gasteiger partial charge in [-0.2, -0.15) is 0 Å². The molecule has 0 aliphatic carbocycles. The van der Waals surface area contributed by atoms with Crippen LogP contribution in [0.4, 0.5) is 0 Å². The first-order valence-corrected chi connectivity index (χ1v) is 6.10. The van der Waals surface area contributed by atoms with Crippen molar-refractivity contribution < 1.29 is 29.3 Å². The molecule has 0 saturated heterocycles. The minimum atomic E-state index is -0.904. The molecule has 112 valence electrons. The molecule has 1 unspecified atom stereocenters. The predicted octanol–water partition coefficient (Wildman–Crippen LogP) is 0.637. The number of carbonyl (C=O) groups is 2. The topological polar surface area (TPSA) is 96.3 Å². The predicted molar refractivity (Wildman–Crippen MR) is 68.0 cm³/mol. The molecular formula is C12H23NO6. The van der Waals surface area contributed by atoms with Gasteiger partial charge in [-0.05, 0) is 21.0 Å². The second-order valence-corrected chi connectivity index (χ2v) is 4.57. The Labute approximate surface area is 113 Å². The fourth-order valence-electron chi connectivity index (χ4n) is 1.31. The van der Waals surface area contributed by atoms with E-state index in [1.54, 1.807) is 0 Å². The van der Waals surface area contributed by atoms with Crippen molar-refractivity contribution in [2.75, 3.05) is 33.9 Å². The van der Waals surface area contributed by atoms with E-state index in [4.69, 9.17) is 19.7 Å². The average Bonchev–Trinajstić information content (AvgIpc) is 2.27. The lowest BCUT2D eigenvalue weighted by Gasteiger charge is -2.36. The van der Waals surface area contributed by atoms with E-state index in [0.29, 0.717) is 13.0 Å². The molecule has 1 atom stereocenters. The molecule has 0 spiro atoms. The van der Waals surface area contributed by atoms with Crippen LogP contribution in [0.15, 0.2) is 0 Å². The van der Waals surface area contributed by atoms with E-state index in [1.165, 1.54) is 0 Å². The summed E-state index contributed by atoms with van der Waals surface area (Å²) in [5.74, 6) is -1.80. The van der Waals surface area contributed by atoms with Gasteiger partial charge >= 0.3 is 11.9 Å². The second-order valence-electron chi connectivity index (χ2n) is 4.57. The highest BCUT2D eigenvalue weighted by Gasteiger charge is 2.27. The van der Waals surface area contributed by atoms with Crippen molar-refractivity contribution in [1.29, 1.82) is 0 Å². The summed E-state index contributed by atoms with van der Waals surface area (Å²) in [6, 6.07) is 0. The van der Waals surface area contributed by atoms with Gasteiger partial charge in [0.15, 0.2) is 0 Å². The monoisotopic (exact) mass is 277 g/mol. The quantitative estimate of drug-likeness (QED) is 0.422. The first-order valence-electron chi connectivity index (χ1n) is 6.10. The normalized spacial score (nSPS) is 14.3. The van der Waals surface area contributed by atoms with Crippen LogP contribution in [0, 0.1) is 0 Å². The van der Waals surface area contributed by atoms with Crippen molar-refractivity contribution >= 4 is 11.9 Å². The number of hydrogen-bond acceptors (Lipinski definition) is 5. The Kier molecular flexibility index (Phi) is 8.29. The molecule has 0 fully saturated rings. The van der Waals surface area contributed by atoms with E-state index < -0.39 is 17.7 Å². The van der Waals surface area contributed by atoms with Crippen LogP contribution in [0.1, 0.15) is 26.2 Å². The number of nitrogens with zero attached hydrogens (tertiary/aromatic N) is 1. The standard InChI is InChI=1S/C12H23NO6/c1-12(13(2)3,19-8-5-11(16)17)6-9-18-7-4-10(14)15/h4-9H2,1-3H3,(H,14,15)(H,16,17). The fraction of sp³-hybridized carbons (Fsp3) is 0.833. The minimum Gasteiger partial charge on any atom is -0.481 e. The number of carboxylic acid groups (broad SMARTS) is 2.